The minimum Gasteiger partial charge on any atom is -0.345 e. The number of hydrogen-bond donors (Lipinski definition) is 3. The third-order valence-corrected chi connectivity index (χ3v) is 7.52. The first-order valence-electron chi connectivity index (χ1n) is 12.1. The molecule has 7 nitrogen and oxygen atoms in total. The van der Waals surface area contributed by atoms with Crippen molar-refractivity contribution in [2.24, 2.45) is 0 Å². The second-order valence-electron chi connectivity index (χ2n) is 9.05. The van der Waals surface area contributed by atoms with Gasteiger partial charge in [0.25, 0.3) is 21.8 Å². The van der Waals surface area contributed by atoms with Crippen LogP contribution in [0.1, 0.15) is 50.4 Å². The van der Waals surface area contributed by atoms with Crippen molar-refractivity contribution in [3.05, 3.63) is 125 Å². The lowest BCUT2D eigenvalue weighted by atomic mass is 10.1. The summed E-state index contributed by atoms with van der Waals surface area (Å²) in [5.41, 5.74) is 3.76. The van der Waals surface area contributed by atoms with Crippen molar-refractivity contribution >= 4 is 33.2 Å². The van der Waals surface area contributed by atoms with Gasteiger partial charge in [-0.05, 0) is 68.3 Å². The fraction of sp³-hybridized carbons (Fsp3) is 0.133. The van der Waals surface area contributed by atoms with Crippen molar-refractivity contribution < 1.29 is 18.0 Å². The Balaban J connectivity index is 1.52. The molecule has 0 spiro atoms. The number of carbonyl (C=O) groups is 2. The third-order valence-electron chi connectivity index (χ3n) is 6.14. The fourth-order valence-electron chi connectivity index (χ4n) is 3.88. The number of anilines is 2. The Morgan fingerprint density at radius 1 is 0.737 bits per heavy atom. The molecule has 0 saturated carbocycles. The molecule has 0 radical (unpaired) electrons. The van der Waals surface area contributed by atoms with Crippen LogP contribution >= 0.6 is 0 Å². The zero-order chi connectivity index (χ0) is 27.3. The zero-order valence-electron chi connectivity index (χ0n) is 21.4. The maximum atomic E-state index is 13.1. The predicted molar refractivity (Wildman–Crippen MR) is 150 cm³/mol. The van der Waals surface area contributed by atoms with Gasteiger partial charge in [-0.1, -0.05) is 66.2 Å². The largest absolute Gasteiger partial charge is 0.345 e. The molecular formula is C30H29N3O4S. The highest BCUT2D eigenvalue weighted by atomic mass is 32.2. The molecule has 2 amide bonds. The fourth-order valence-corrected chi connectivity index (χ4v) is 5.00. The Morgan fingerprint density at radius 2 is 1.39 bits per heavy atom. The van der Waals surface area contributed by atoms with Crippen LogP contribution in [-0.4, -0.2) is 20.2 Å². The molecule has 8 heteroatoms. The Kier molecular flexibility index (Phi) is 7.93. The molecule has 4 rings (SSSR count). The number of para-hydroxylation sites is 1. The van der Waals surface area contributed by atoms with E-state index >= 15 is 0 Å². The Labute approximate surface area is 223 Å². The zero-order valence-corrected chi connectivity index (χ0v) is 22.2. The van der Waals surface area contributed by atoms with Crippen LogP contribution in [0.2, 0.25) is 0 Å². The molecule has 0 heterocycles. The SMILES string of the molecule is Cc1ccc(S(=O)(=O)Nc2cc(C(=O)Nc3ccccc3C(=O)NC(C)c3ccccc3)ccc2C)cc1. The highest BCUT2D eigenvalue weighted by Gasteiger charge is 2.19. The van der Waals surface area contributed by atoms with Crippen molar-refractivity contribution in [2.75, 3.05) is 10.0 Å². The monoisotopic (exact) mass is 527 g/mol. The van der Waals surface area contributed by atoms with Crippen molar-refractivity contribution in [3.63, 3.8) is 0 Å². The van der Waals surface area contributed by atoms with E-state index in [-0.39, 0.29) is 22.4 Å². The Bertz CT molecular complexity index is 1570. The van der Waals surface area contributed by atoms with Crippen molar-refractivity contribution in [3.8, 4) is 0 Å². The summed E-state index contributed by atoms with van der Waals surface area (Å²) in [7, 11) is -3.84. The average Bonchev–Trinajstić information content (AvgIpc) is 2.90. The molecule has 194 valence electrons. The number of rotatable bonds is 8. The number of sulfonamides is 1. The van der Waals surface area contributed by atoms with Gasteiger partial charge in [-0.25, -0.2) is 8.42 Å². The summed E-state index contributed by atoms with van der Waals surface area (Å²) in [4.78, 5) is 26.3. The second-order valence-corrected chi connectivity index (χ2v) is 10.7. The number of hydrogen-bond acceptors (Lipinski definition) is 4. The molecule has 38 heavy (non-hydrogen) atoms. The molecule has 3 N–H and O–H groups in total. The molecule has 0 saturated heterocycles. The summed E-state index contributed by atoms with van der Waals surface area (Å²) in [6, 6.07) is 27.4. The van der Waals surface area contributed by atoms with Crippen LogP contribution < -0.4 is 15.4 Å². The van der Waals surface area contributed by atoms with Crippen LogP contribution in [0.25, 0.3) is 0 Å². The normalized spacial score (nSPS) is 11.9. The topological polar surface area (TPSA) is 104 Å². The van der Waals surface area contributed by atoms with E-state index in [4.69, 9.17) is 0 Å². The van der Waals surface area contributed by atoms with Crippen LogP contribution in [0.15, 0.2) is 102 Å². The van der Waals surface area contributed by atoms with E-state index < -0.39 is 15.9 Å². The first-order chi connectivity index (χ1) is 18.1. The van der Waals surface area contributed by atoms with Gasteiger partial charge >= 0.3 is 0 Å². The predicted octanol–water partition coefficient (Wildman–Crippen LogP) is 5.85. The van der Waals surface area contributed by atoms with Crippen LogP contribution in [-0.2, 0) is 10.0 Å². The molecule has 1 atom stereocenters. The Morgan fingerprint density at radius 3 is 2.11 bits per heavy atom. The minimum absolute atomic E-state index is 0.127. The van der Waals surface area contributed by atoms with Crippen molar-refractivity contribution in [1.29, 1.82) is 0 Å². The van der Waals surface area contributed by atoms with Gasteiger partial charge in [0.2, 0.25) is 0 Å². The maximum Gasteiger partial charge on any atom is 0.261 e. The minimum atomic E-state index is -3.84. The van der Waals surface area contributed by atoms with E-state index in [1.165, 1.54) is 18.2 Å². The molecule has 0 aliphatic heterocycles. The van der Waals surface area contributed by atoms with Gasteiger partial charge in [-0.3, -0.25) is 14.3 Å². The summed E-state index contributed by atoms with van der Waals surface area (Å²) < 4.78 is 28.4. The van der Waals surface area contributed by atoms with Crippen molar-refractivity contribution in [1.82, 2.24) is 5.32 Å². The average molecular weight is 528 g/mol. The highest BCUT2D eigenvalue weighted by molar-refractivity contribution is 7.92. The van der Waals surface area contributed by atoms with E-state index in [0.717, 1.165) is 11.1 Å². The summed E-state index contributed by atoms with van der Waals surface area (Å²) in [6.45, 7) is 5.52. The smallest absolute Gasteiger partial charge is 0.261 e. The van der Waals surface area contributed by atoms with E-state index in [1.54, 1.807) is 55.5 Å². The van der Waals surface area contributed by atoms with Gasteiger partial charge in [-0.15, -0.1) is 0 Å². The summed E-state index contributed by atoms with van der Waals surface area (Å²) in [5.74, 6) is -0.801. The lowest BCUT2D eigenvalue weighted by Gasteiger charge is -2.17. The Hall–Kier alpha value is -4.43. The van der Waals surface area contributed by atoms with Gasteiger partial charge in [0.1, 0.15) is 0 Å². The molecule has 0 fully saturated rings. The lowest BCUT2D eigenvalue weighted by molar-refractivity contribution is 0.0940. The number of nitrogens with one attached hydrogen (secondary N) is 3. The van der Waals surface area contributed by atoms with Crippen LogP contribution in [0.5, 0.6) is 0 Å². The lowest BCUT2D eigenvalue weighted by Crippen LogP contribution is -2.28. The number of amides is 2. The number of carbonyl (C=O) groups excluding carboxylic acids is 2. The van der Waals surface area contributed by atoms with Gasteiger partial charge in [0, 0.05) is 5.56 Å². The quantitative estimate of drug-likeness (QED) is 0.267. The molecule has 0 aliphatic carbocycles. The summed E-state index contributed by atoms with van der Waals surface area (Å²) in [5, 5.41) is 5.75. The van der Waals surface area contributed by atoms with E-state index in [1.807, 2.05) is 44.2 Å². The molecular weight excluding hydrogens is 498 g/mol. The van der Waals surface area contributed by atoms with Gasteiger partial charge in [0.15, 0.2) is 0 Å². The molecule has 1 unspecified atom stereocenters. The van der Waals surface area contributed by atoms with E-state index in [0.29, 0.717) is 22.5 Å². The first-order valence-corrected chi connectivity index (χ1v) is 13.6. The van der Waals surface area contributed by atoms with Crippen LogP contribution in [0.3, 0.4) is 0 Å². The number of benzene rings is 4. The summed E-state index contributed by atoms with van der Waals surface area (Å²) >= 11 is 0. The number of aryl methyl sites for hydroxylation is 2. The standard InChI is InChI=1S/C30H29N3O4S/c1-20-13-17-25(18-14-20)38(36,37)33-28-19-24(16-15-21(28)2)29(34)32-27-12-8-7-11-26(27)30(35)31-22(3)23-9-5-4-6-10-23/h4-19,22,33H,1-3H3,(H,31,35)(H,32,34). The van der Waals surface area contributed by atoms with Crippen LogP contribution in [0, 0.1) is 13.8 Å². The first kappa shape index (κ1) is 26.6. The molecule has 4 aromatic rings. The van der Waals surface area contributed by atoms with Crippen LogP contribution in [0.4, 0.5) is 11.4 Å². The van der Waals surface area contributed by atoms with E-state index in [2.05, 4.69) is 15.4 Å². The van der Waals surface area contributed by atoms with Gasteiger partial charge in [0.05, 0.1) is 27.9 Å². The highest BCUT2D eigenvalue weighted by Crippen LogP contribution is 2.24. The molecule has 0 bridgehead atoms. The third kappa shape index (κ3) is 6.27. The van der Waals surface area contributed by atoms with Gasteiger partial charge < -0.3 is 10.6 Å². The maximum absolute atomic E-state index is 13.1. The van der Waals surface area contributed by atoms with Gasteiger partial charge in [-0.2, -0.15) is 0 Å². The second kappa shape index (κ2) is 11.3. The van der Waals surface area contributed by atoms with E-state index in [9.17, 15) is 18.0 Å². The van der Waals surface area contributed by atoms with Crippen molar-refractivity contribution in [2.45, 2.75) is 31.7 Å². The summed E-state index contributed by atoms with van der Waals surface area (Å²) in [6.07, 6.45) is 0. The molecule has 0 aliphatic rings. The molecule has 0 aromatic heterocycles. The molecule has 4 aromatic carbocycles.